The Kier molecular flexibility index (Phi) is 4.37. The van der Waals surface area contributed by atoms with Gasteiger partial charge in [-0.2, -0.15) is 0 Å². The summed E-state index contributed by atoms with van der Waals surface area (Å²) in [6.45, 7) is 5.01. The second kappa shape index (κ2) is 6.02. The Labute approximate surface area is 116 Å². The zero-order valence-electron chi connectivity index (χ0n) is 10.9. The van der Waals surface area contributed by atoms with Crippen molar-refractivity contribution in [1.82, 2.24) is 4.90 Å². The van der Waals surface area contributed by atoms with E-state index >= 15 is 0 Å². The molecule has 0 radical (unpaired) electrons. The molecular formula is C14H15FN2OS. The van der Waals surface area contributed by atoms with Crippen molar-refractivity contribution in [1.29, 1.82) is 0 Å². The smallest absolute Gasteiger partial charge is 0.266 e. The number of aliphatic imine (C=N–C) groups is 1. The Morgan fingerprint density at radius 2 is 2.11 bits per heavy atom. The van der Waals surface area contributed by atoms with Crippen molar-refractivity contribution >= 4 is 28.9 Å². The molecule has 0 aliphatic carbocycles. The topological polar surface area (TPSA) is 32.7 Å². The van der Waals surface area contributed by atoms with Crippen LogP contribution in [0.25, 0.3) is 6.08 Å². The van der Waals surface area contributed by atoms with Crippen molar-refractivity contribution < 1.29 is 9.18 Å². The van der Waals surface area contributed by atoms with Crippen molar-refractivity contribution in [2.45, 2.75) is 13.8 Å². The summed E-state index contributed by atoms with van der Waals surface area (Å²) in [6, 6.07) is 6.41. The first-order valence-corrected chi connectivity index (χ1v) is 6.99. The molecule has 1 heterocycles. The normalized spacial score (nSPS) is 19.7. The highest BCUT2D eigenvalue weighted by Crippen LogP contribution is 2.32. The molecule has 19 heavy (non-hydrogen) atoms. The third kappa shape index (κ3) is 2.87. The summed E-state index contributed by atoms with van der Waals surface area (Å²) < 4.78 is 13.6. The van der Waals surface area contributed by atoms with Gasteiger partial charge >= 0.3 is 0 Å². The minimum Gasteiger partial charge on any atom is -0.287 e. The maximum atomic E-state index is 13.6. The van der Waals surface area contributed by atoms with E-state index in [9.17, 15) is 9.18 Å². The largest absolute Gasteiger partial charge is 0.287 e. The van der Waals surface area contributed by atoms with Gasteiger partial charge in [0.25, 0.3) is 5.91 Å². The number of halogens is 1. The van der Waals surface area contributed by atoms with Gasteiger partial charge in [0.05, 0.1) is 4.91 Å². The fourth-order valence-electron chi connectivity index (χ4n) is 1.77. The first kappa shape index (κ1) is 13.8. The monoisotopic (exact) mass is 278 g/mol. The number of benzene rings is 1. The van der Waals surface area contributed by atoms with Gasteiger partial charge in [0.2, 0.25) is 0 Å². The van der Waals surface area contributed by atoms with Crippen LogP contribution in [-0.2, 0) is 4.79 Å². The van der Waals surface area contributed by atoms with Gasteiger partial charge in [-0.1, -0.05) is 18.2 Å². The van der Waals surface area contributed by atoms with E-state index < -0.39 is 0 Å². The molecule has 1 amide bonds. The van der Waals surface area contributed by atoms with E-state index in [1.54, 1.807) is 29.2 Å². The van der Waals surface area contributed by atoms with Crippen LogP contribution < -0.4 is 0 Å². The van der Waals surface area contributed by atoms with Crippen LogP contribution in [0, 0.1) is 5.82 Å². The number of nitrogens with zero attached hydrogens (tertiary/aromatic N) is 2. The quantitative estimate of drug-likeness (QED) is 0.796. The van der Waals surface area contributed by atoms with Gasteiger partial charge in [-0.25, -0.2) is 4.39 Å². The van der Waals surface area contributed by atoms with Crippen molar-refractivity contribution in [2.24, 2.45) is 4.99 Å². The van der Waals surface area contributed by atoms with Crippen LogP contribution in [0.15, 0.2) is 34.2 Å². The summed E-state index contributed by atoms with van der Waals surface area (Å²) in [5, 5.41) is 0.692. The zero-order chi connectivity index (χ0) is 13.8. The molecule has 1 aromatic carbocycles. The molecular weight excluding hydrogens is 263 g/mol. The van der Waals surface area contributed by atoms with Gasteiger partial charge in [-0.05, 0) is 37.8 Å². The molecule has 0 spiro atoms. The Morgan fingerprint density at radius 1 is 1.37 bits per heavy atom. The molecule has 1 fully saturated rings. The molecule has 0 saturated carbocycles. The lowest BCUT2D eigenvalue weighted by molar-refractivity contribution is -0.122. The molecule has 1 aromatic rings. The lowest BCUT2D eigenvalue weighted by atomic mass is 10.2. The number of rotatable bonds is 3. The van der Waals surface area contributed by atoms with Crippen molar-refractivity contribution in [3.63, 3.8) is 0 Å². The van der Waals surface area contributed by atoms with Crippen molar-refractivity contribution in [2.75, 3.05) is 13.1 Å². The summed E-state index contributed by atoms with van der Waals surface area (Å²) in [5.74, 6) is -0.435. The number of hydrogen-bond acceptors (Lipinski definition) is 3. The van der Waals surface area contributed by atoms with Crippen LogP contribution in [0.2, 0.25) is 0 Å². The van der Waals surface area contributed by atoms with E-state index in [4.69, 9.17) is 0 Å². The van der Waals surface area contributed by atoms with Crippen LogP contribution in [0.1, 0.15) is 19.4 Å². The predicted molar refractivity (Wildman–Crippen MR) is 77.3 cm³/mol. The minimum atomic E-state index is -0.327. The minimum absolute atomic E-state index is 0.108. The fraction of sp³-hybridized carbons (Fsp3) is 0.286. The van der Waals surface area contributed by atoms with Gasteiger partial charge in [0.1, 0.15) is 5.82 Å². The lowest BCUT2D eigenvalue weighted by Gasteiger charge is -2.11. The first-order valence-electron chi connectivity index (χ1n) is 6.17. The van der Waals surface area contributed by atoms with Gasteiger partial charge < -0.3 is 0 Å². The molecule has 0 atom stereocenters. The molecule has 1 aliphatic heterocycles. The average Bonchev–Trinajstić information content (AvgIpc) is 2.69. The zero-order valence-corrected chi connectivity index (χ0v) is 11.7. The summed E-state index contributed by atoms with van der Waals surface area (Å²) in [4.78, 5) is 18.6. The molecule has 0 aromatic heterocycles. The van der Waals surface area contributed by atoms with Crippen LogP contribution in [0.3, 0.4) is 0 Å². The van der Waals surface area contributed by atoms with E-state index in [1.165, 1.54) is 17.8 Å². The van der Waals surface area contributed by atoms with E-state index in [1.807, 2.05) is 13.8 Å². The summed E-state index contributed by atoms with van der Waals surface area (Å²) >= 11 is 1.30. The van der Waals surface area contributed by atoms with Crippen LogP contribution >= 0.6 is 11.8 Å². The number of carbonyl (C=O) groups is 1. The number of hydrogen-bond donors (Lipinski definition) is 0. The Bertz CT molecular complexity index is 554. The number of thioether (sulfide) groups is 1. The number of amidine groups is 1. The van der Waals surface area contributed by atoms with Crippen LogP contribution in [0.5, 0.6) is 0 Å². The first-order chi connectivity index (χ1) is 9.17. The predicted octanol–water partition coefficient (Wildman–Crippen LogP) is 3.14. The molecule has 0 N–H and O–H groups in total. The highest BCUT2D eigenvalue weighted by Gasteiger charge is 2.31. The Balaban J connectivity index is 2.34. The maximum Gasteiger partial charge on any atom is 0.266 e. The molecule has 100 valence electrons. The standard InChI is InChI=1S/C14H15FN2OS/c1-3-16-14-17(4-2)13(18)12(19-14)9-10-7-5-6-8-11(10)15/h5-9H,3-4H2,1-2H3. The van der Waals surface area contributed by atoms with Gasteiger partial charge in [-0.3, -0.25) is 14.7 Å². The van der Waals surface area contributed by atoms with E-state index in [0.29, 0.717) is 28.7 Å². The molecule has 0 unspecified atom stereocenters. The maximum absolute atomic E-state index is 13.6. The third-order valence-electron chi connectivity index (χ3n) is 2.69. The van der Waals surface area contributed by atoms with Crippen LogP contribution in [-0.4, -0.2) is 29.1 Å². The lowest BCUT2D eigenvalue weighted by Crippen LogP contribution is -2.28. The highest BCUT2D eigenvalue weighted by atomic mass is 32.2. The molecule has 1 saturated heterocycles. The SMILES string of the molecule is CCN=C1SC(=Cc2ccccc2F)C(=O)N1CC. The molecule has 1 aliphatic rings. The second-order valence-corrected chi connectivity index (χ2v) is 4.95. The number of likely N-dealkylation sites (N-methyl/N-ethyl adjacent to an activating group) is 1. The van der Waals surface area contributed by atoms with Crippen molar-refractivity contribution in [3.8, 4) is 0 Å². The van der Waals surface area contributed by atoms with Crippen LogP contribution in [0.4, 0.5) is 4.39 Å². The van der Waals surface area contributed by atoms with E-state index in [-0.39, 0.29) is 11.7 Å². The summed E-state index contributed by atoms with van der Waals surface area (Å²) in [6.07, 6.45) is 1.59. The van der Waals surface area contributed by atoms with Gasteiger partial charge in [0.15, 0.2) is 5.17 Å². The number of amides is 1. The average molecular weight is 278 g/mol. The van der Waals surface area contributed by atoms with Crippen molar-refractivity contribution in [3.05, 3.63) is 40.6 Å². The van der Waals surface area contributed by atoms with E-state index in [0.717, 1.165) is 0 Å². The molecule has 2 rings (SSSR count). The fourth-order valence-corrected chi connectivity index (χ4v) is 2.87. The highest BCUT2D eigenvalue weighted by molar-refractivity contribution is 8.18. The Hall–Kier alpha value is -1.62. The molecule has 0 bridgehead atoms. The Morgan fingerprint density at radius 3 is 2.74 bits per heavy atom. The summed E-state index contributed by atoms with van der Waals surface area (Å²) in [7, 11) is 0. The second-order valence-electron chi connectivity index (χ2n) is 3.94. The molecule has 5 heteroatoms. The summed E-state index contributed by atoms with van der Waals surface area (Å²) in [5.41, 5.74) is 0.423. The number of carbonyl (C=O) groups excluding carboxylic acids is 1. The third-order valence-corrected chi connectivity index (χ3v) is 3.73. The molecule has 3 nitrogen and oxygen atoms in total. The van der Waals surface area contributed by atoms with Gasteiger partial charge in [-0.15, -0.1) is 0 Å². The van der Waals surface area contributed by atoms with Gasteiger partial charge in [0, 0.05) is 18.7 Å². The van der Waals surface area contributed by atoms with E-state index in [2.05, 4.69) is 4.99 Å².